The highest BCUT2D eigenvalue weighted by Gasteiger charge is 2.14. The van der Waals surface area contributed by atoms with Crippen LogP contribution in [-0.2, 0) is 12.8 Å². The van der Waals surface area contributed by atoms with Crippen molar-refractivity contribution in [2.24, 2.45) is 5.41 Å². The van der Waals surface area contributed by atoms with Gasteiger partial charge in [-0.25, -0.2) is 0 Å². The summed E-state index contributed by atoms with van der Waals surface area (Å²) in [5, 5.41) is 13.4. The standard InChI is InChI=1S/C17H28N2O/c1-17(2,3)13-14-4-5-16(20)15(12-14)6-9-19-10-7-18-8-11-19/h4-5,12,18,20H,6-11,13H2,1-3H3. The third-order valence-electron chi connectivity index (χ3n) is 3.79. The molecule has 0 aromatic heterocycles. The van der Waals surface area contributed by atoms with Gasteiger partial charge < -0.3 is 15.3 Å². The van der Waals surface area contributed by atoms with Gasteiger partial charge in [0.2, 0.25) is 0 Å². The van der Waals surface area contributed by atoms with E-state index >= 15 is 0 Å². The van der Waals surface area contributed by atoms with Crippen LogP contribution in [0.25, 0.3) is 0 Å². The molecule has 2 N–H and O–H groups in total. The Kier molecular flexibility index (Phi) is 5.06. The number of aromatic hydroxyl groups is 1. The average Bonchev–Trinajstić information content (AvgIpc) is 2.39. The maximum Gasteiger partial charge on any atom is 0.118 e. The molecule has 1 fully saturated rings. The summed E-state index contributed by atoms with van der Waals surface area (Å²) in [4.78, 5) is 2.46. The second kappa shape index (κ2) is 6.59. The molecule has 0 aliphatic carbocycles. The first kappa shape index (κ1) is 15.3. The molecule has 2 rings (SSSR count). The predicted octanol–water partition coefficient (Wildman–Crippen LogP) is 2.43. The van der Waals surface area contributed by atoms with E-state index in [0.717, 1.165) is 51.1 Å². The first-order valence-corrected chi connectivity index (χ1v) is 7.68. The quantitative estimate of drug-likeness (QED) is 0.886. The zero-order valence-corrected chi connectivity index (χ0v) is 13.1. The van der Waals surface area contributed by atoms with E-state index in [1.807, 2.05) is 6.07 Å². The molecule has 20 heavy (non-hydrogen) atoms. The molecule has 1 aliphatic heterocycles. The van der Waals surface area contributed by atoms with Crippen LogP contribution in [0, 0.1) is 5.41 Å². The Bertz CT molecular complexity index is 431. The summed E-state index contributed by atoms with van der Waals surface area (Å²) < 4.78 is 0. The Hall–Kier alpha value is -1.06. The van der Waals surface area contributed by atoms with Crippen LogP contribution < -0.4 is 5.32 Å². The first-order chi connectivity index (χ1) is 9.44. The SMILES string of the molecule is CC(C)(C)Cc1ccc(O)c(CCN2CCNCC2)c1. The van der Waals surface area contributed by atoms with Gasteiger partial charge in [0.05, 0.1) is 0 Å². The molecule has 3 heteroatoms. The number of benzene rings is 1. The fourth-order valence-corrected chi connectivity index (χ4v) is 2.77. The van der Waals surface area contributed by atoms with E-state index in [4.69, 9.17) is 0 Å². The summed E-state index contributed by atoms with van der Waals surface area (Å²) in [6.07, 6.45) is 1.98. The van der Waals surface area contributed by atoms with Crippen molar-refractivity contribution in [3.63, 3.8) is 0 Å². The van der Waals surface area contributed by atoms with Gasteiger partial charge in [0.25, 0.3) is 0 Å². The number of nitrogens with zero attached hydrogens (tertiary/aromatic N) is 1. The number of hydrogen-bond acceptors (Lipinski definition) is 3. The van der Waals surface area contributed by atoms with Crippen molar-refractivity contribution >= 4 is 0 Å². The van der Waals surface area contributed by atoms with Crippen LogP contribution >= 0.6 is 0 Å². The lowest BCUT2D eigenvalue weighted by Crippen LogP contribution is -2.44. The third-order valence-corrected chi connectivity index (χ3v) is 3.79. The molecule has 0 unspecified atom stereocenters. The van der Waals surface area contributed by atoms with Crippen LogP contribution in [0.4, 0.5) is 0 Å². The lowest BCUT2D eigenvalue weighted by Gasteiger charge is -2.27. The van der Waals surface area contributed by atoms with E-state index in [0.29, 0.717) is 5.75 Å². The highest BCUT2D eigenvalue weighted by Crippen LogP contribution is 2.25. The minimum atomic E-state index is 0.285. The average molecular weight is 276 g/mol. The van der Waals surface area contributed by atoms with Crippen LogP contribution in [0.1, 0.15) is 31.9 Å². The fourth-order valence-electron chi connectivity index (χ4n) is 2.77. The van der Waals surface area contributed by atoms with Crippen LogP contribution in [0.15, 0.2) is 18.2 Å². The topological polar surface area (TPSA) is 35.5 Å². The minimum absolute atomic E-state index is 0.285. The fraction of sp³-hybridized carbons (Fsp3) is 0.647. The van der Waals surface area contributed by atoms with Crippen molar-refractivity contribution in [3.8, 4) is 5.75 Å². The van der Waals surface area contributed by atoms with Gasteiger partial charge in [-0.1, -0.05) is 32.9 Å². The van der Waals surface area contributed by atoms with Crippen molar-refractivity contribution in [1.29, 1.82) is 0 Å². The number of piperazine rings is 1. The van der Waals surface area contributed by atoms with Gasteiger partial charge >= 0.3 is 0 Å². The number of rotatable bonds is 4. The number of phenols is 1. The van der Waals surface area contributed by atoms with Crippen LogP contribution in [0.2, 0.25) is 0 Å². The molecule has 3 nitrogen and oxygen atoms in total. The summed E-state index contributed by atoms with van der Waals surface area (Å²) in [7, 11) is 0. The van der Waals surface area contributed by atoms with E-state index in [1.165, 1.54) is 5.56 Å². The molecule has 1 aromatic rings. The molecule has 0 amide bonds. The lowest BCUT2D eigenvalue weighted by molar-refractivity contribution is 0.243. The maximum atomic E-state index is 10.0. The van der Waals surface area contributed by atoms with Gasteiger partial charge in [-0.3, -0.25) is 0 Å². The molecule has 0 radical (unpaired) electrons. The molecule has 0 atom stereocenters. The Morgan fingerprint density at radius 1 is 1.20 bits per heavy atom. The van der Waals surface area contributed by atoms with E-state index in [2.05, 4.69) is 43.1 Å². The van der Waals surface area contributed by atoms with Crippen molar-refractivity contribution in [2.45, 2.75) is 33.6 Å². The van der Waals surface area contributed by atoms with Crippen molar-refractivity contribution in [3.05, 3.63) is 29.3 Å². The minimum Gasteiger partial charge on any atom is -0.508 e. The second-order valence-corrected chi connectivity index (χ2v) is 7.04. The van der Waals surface area contributed by atoms with E-state index < -0.39 is 0 Å². The van der Waals surface area contributed by atoms with Gasteiger partial charge in [-0.05, 0) is 35.4 Å². The zero-order valence-electron chi connectivity index (χ0n) is 13.1. The second-order valence-electron chi connectivity index (χ2n) is 7.04. The Labute approximate surface area is 123 Å². The smallest absolute Gasteiger partial charge is 0.118 e. The van der Waals surface area contributed by atoms with Gasteiger partial charge in [0, 0.05) is 32.7 Å². The molecule has 1 aliphatic rings. The summed E-state index contributed by atoms with van der Waals surface area (Å²) in [5.41, 5.74) is 2.70. The molecule has 112 valence electrons. The summed E-state index contributed by atoms with van der Waals surface area (Å²) >= 11 is 0. The molecule has 0 spiro atoms. The Morgan fingerprint density at radius 3 is 2.55 bits per heavy atom. The van der Waals surface area contributed by atoms with Crippen LogP contribution in [-0.4, -0.2) is 42.7 Å². The highest BCUT2D eigenvalue weighted by molar-refractivity contribution is 5.36. The molecular formula is C17H28N2O. The highest BCUT2D eigenvalue weighted by atomic mass is 16.3. The van der Waals surface area contributed by atoms with E-state index in [1.54, 1.807) is 0 Å². The summed E-state index contributed by atoms with van der Waals surface area (Å²) in [5.74, 6) is 0.442. The zero-order chi connectivity index (χ0) is 14.6. The Balaban J connectivity index is 1.97. The first-order valence-electron chi connectivity index (χ1n) is 7.68. The van der Waals surface area contributed by atoms with Gasteiger partial charge in [0.1, 0.15) is 5.75 Å². The lowest BCUT2D eigenvalue weighted by atomic mass is 9.87. The monoisotopic (exact) mass is 276 g/mol. The van der Waals surface area contributed by atoms with Gasteiger partial charge in [0.15, 0.2) is 0 Å². The van der Waals surface area contributed by atoms with Crippen molar-refractivity contribution < 1.29 is 5.11 Å². The van der Waals surface area contributed by atoms with Crippen molar-refractivity contribution in [2.75, 3.05) is 32.7 Å². The van der Waals surface area contributed by atoms with Crippen molar-refractivity contribution in [1.82, 2.24) is 10.2 Å². The van der Waals surface area contributed by atoms with Gasteiger partial charge in [-0.2, -0.15) is 0 Å². The molecule has 0 saturated carbocycles. The number of phenolic OH excluding ortho intramolecular Hbond substituents is 1. The Morgan fingerprint density at radius 2 is 1.90 bits per heavy atom. The largest absolute Gasteiger partial charge is 0.508 e. The van der Waals surface area contributed by atoms with Crippen LogP contribution in [0.5, 0.6) is 5.75 Å². The molecule has 0 bridgehead atoms. The summed E-state index contributed by atoms with van der Waals surface area (Å²) in [6.45, 7) is 12.2. The molecule has 1 aromatic carbocycles. The third kappa shape index (κ3) is 4.80. The molecular weight excluding hydrogens is 248 g/mol. The van der Waals surface area contributed by atoms with E-state index in [-0.39, 0.29) is 5.41 Å². The van der Waals surface area contributed by atoms with Gasteiger partial charge in [-0.15, -0.1) is 0 Å². The number of nitrogens with one attached hydrogen (secondary N) is 1. The molecule has 1 heterocycles. The normalized spacial score (nSPS) is 17.4. The van der Waals surface area contributed by atoms with E-state index in [9.17, 15) is 5.11 Å². The molecule has 1 saturated heterocycles. The number of hydrogen-bond donors (Lipinski definition) is 2. The summed E-state index contributed by atoms with van der Waals surface area (Å²) in [6, 6.07) is 6.09. The predicted molar refractivity (Wildman–Crippen MR) is 84.3 cm³/mol. The van der Waals surface area contributed by atoms with Crippen LogP contribution in [0.3, 0.4) is 0 Å². The maximum absolute atomic E-state index is 10.0.